The Morgan fingerprint density at radius 2 is 2.05 bits per heavy atom. The van der Waals surface area contributed by atoms with Crippen molar-refractivity contribution >= 4 is 5.91 Å². The molecule has 106 valence electrons. The van der Waals surface area contributed by atoms with Gasteiger partial charge in [-0.15, -0.1) is 0 Å². The normalized spacial score (nSPS) is 13.8. The summed E-state index contributed by atoms with van der Waals surface area (Å²) in [5, 5.41) is 3.21. The molecule has 1 amide bonds. The molecule has 19 heavy (non-hydrogen) atoms. The summed E-state index contributed by atoms with van der Waals surface area (Å²) in [6.07, 6.45) is 2.43. The second kappa shape index (κ2) is 7.79. The molecule has 0 saturated heterocycles. The lowest BCUT2D eigenvalue weighted by Crippen LogP contribution is -2.53. The molecule has 1 atom stereocenters. The molecule has 0 aliphatic heterocycles. The van der Waals surface area contributed by atoms with Gasteiger partial charge >= 0.3 is 0 Å². The lowest BCUT2D eigenvalue weighted by molar-refractivity contribution is -0.124. The van der Waals surface area contributed by atoms with Gasteiger partial charge in [-0.1, -0.05) is 25.1 Å². The minimum atomic E-state index is -0.643. The van der Waals surface area contributed by atoms with Crippen LogP contribution in [0.25, 0.3) is 0 Å². The van der Waals surface area contributed by atoms with Crippen LogP contribution in [0.5, 0.6) is 5.75 Å². The van der Waals surface area contributed by atoms with Crippen LogP contribution in [0.1, 0.15) is 33.1 Å². The summed E-state index contributed by atoms with van der Waals surface area (Å²) >= 11 is 0. The topological polar surface area (TPSA) is 64.3 Å². The summed E-state index contributed by atoms with van der Waals surface area (Å²) in [4.78, 5) is 11.5. The summed E-state index contributed by atoms with van der Waals surface area (Å²) in [7, 11) is 0. The number of carbonyl (C=O) groups excluding carboxylic acids is 1. The molecule has 0 fully saturated rings. The Labute approximate surface area is 115 Å². The molecule has 1 aromatic rings. The van der Waals surface area contributed by atoms with Crippen LogP contribution in [-0.2, 0) is 4.79 Å². The predicted octanol–water partition coefficient (Wildman–Crippen LogP) is 2.09. The fourth-order valence-corrected chi connectivity index (χ4v) is 1.83. The number of para-hydroxylation sites is 1. The molecule has 0 aliphatic carbocycles. The minimum absolute atomic E-state index is 0.305. The van der Waals surface area contributed by atoms with Crippen LogP contribution < -0.4 is 15.8 Å². The number of nitrogens with two attached hydrogens (primary N) is 1. The molecule has 1 aromatic carbocycles. The van der Waals surface area contributed by atoms with Crippen molar-refractivity contribution in [2.45, 2.75) is 38.6 Å². The maximum Gasteiger partial charge on any atom is 0.237 e. The summed E-state index contributed by atoms with van der Waals surface area (Å²) in [6, 6.07) is 9.66. The maximum atomic E-state index is 11.5. The molecule has 1 rings (SSSR count). The average molecular weight is 264 g/mol. The minimum Gasteiger partial charge on any atom is -0.494 e. The van der Waals surface area contributed by atoms with Crippen molar-refractivity contribution in [2.24, 2.45) is 5.73 Å². The van der Waals surface area contributed by atoms with Gasteiger partial charge in [-0.05, 0) is 44.9 Å². The first-order valence-electron chi connectivity index (χ1n) is 6.81. The van der Waals surface area contributed by atoms with E-state index in [1.165, 1.54) is 0 Å². The molecule has 0 saturated carbocycles. The van der Waals surface area contributed by atoms with Crippen molar-refractivity contribution in [2.75, 3.05) is 13.2 Å². The predicted molar refractivity (Wildman–Crippen MR) is 77.1 cm³/mol. The monoisotopic (exact) mass is 264 g/mol. The van der Waals surface area contributed by atoms with E-state index in [0.29, 0.717) is 13.0 Å². The molecule has 0 bridgehead atoms. The Bertz CT molecular complexity index is 381. The fraction of sp³-hybridized carbons (Fsp3) is 0.533. The molecule has 0 aromatic heterocycles. The third-order valence-electron chi connectivity index (χ3n) is 3.14. The van der Waals surface area contributed by atoms with Gasteiger partial charge in [0.1, 0.15) is 5.75 Å². The Kier molecular flexibility index (Phi) is 6.36. The first kappa shape index (κ1) is 15.5. The zero-order chi connectivity index (χ0) is 14.1. The first-order chi connectivity index (χ1) is 9.08. The van der Waals surface area contributed by atoms with Crippen LogP contribution in [0.3, 0.4) is 0 Å². The molecular formula is C15H24N2O2. The maximum absolute atomic E-state index is 11.5. The Morgan fingerprint density at radius 1 is 1.37 bits per heavy atom. The molecular weight excluding hydrogens is 240 g/mol. The molecule has 4 heteroatoms. The van der Waals surface area contributed by atoms with Crippen LogP contribution in [-0.4, -0.2) is 24.6 Å². The fourth-order valence-electron chi connectivity index (χ4n) is 1.83. The molecule has 1 unspecified atom stereocenters. The third-order valence-corrected chi connectivity index (χ3v) is 3.14. The SMILES string of the molecule is CCCNC(C)(CCCOc1ccccc1)C(N)=O. The molecule has 0 aliphatic rings. The van der Waals surface area contributed by atoms with Gasteiger partial charge in [-0.3, -0.25) is 4.79 Å². The van der Waals surface area contributed by atoms with Gasteiger partial charge in [-0.25, -0.2) is 0 Å². The quantitative estimate of drug-likeness (QED) is 0.671. The Hall–Kier alpha value is -1.55. The van der Waals surface area contributed by atoms with Gasteiger partial charge in [0.15, 0.2) is 0 Å². The van der Waals surface area contributed by atoms with Crippen LogP contribution in [0.15, 0.2) is 30.3 Å². The summed E-state index contributed by atoms with van der Waals surface area (Å²) in [5.41, 5.74) is 4.82. The van der Waals surface area contributed by atoms with Gasteiger partial charge in [0.2, 0.25) is 5.91 Å². The standard InChI is InChI=1S/C15H24N2O2/c1-3-11-17-15(2,14(16)18)10-7-12-19-13-8-5-4-6-9-13/h4-6,8-9,17H,3,7,10-12H2,1-2H3,(H2,16,18). The summed E-state index contributed by atoms with van der Waals surface area (Å²) in [5.74, 6) is 0.547. The molecule has 0 heterocycles. The van der Waals surface area contributed by atoms with E-state index in [1.807, 2.05) is 37.3 Å². The highest BCUT2D eigenvalue weighted by Gasteiger charge is 2.29. The third kappa shape index (κ3) is 5.30. The van der Waals surface area contributed by atoms with Gasteiger partial charge < -0.3 is 15.8 Å². The number of carbonyl (C=O) groups is 1. The van der Waals surface area contributed by atoms with E-state index in [1.54, 1.807) is 0 Å². The number of ether oxygens (including phenoxy) is 1. The number of hydrogen-bond acceptors (Lipinski definition) is 3. The second-order valence-corrected chi connectivity index (χ2v) is 4.89. The smallest absolute Gasteiger partial charge is 0.237 e. The zero-order valence-electron chi connectivity index (χ0n) is 11.8. The molecule has 0 radical (unpaired) electrons. The summed E-state index contributed by atoms with van der Waals surface area (Å²) < 4.78 is 5.61. The number of amides is 1. The van der Waals surface area contributed by atoms with E-state index in [0.717, 1.165) is 25.1 Å². The van der Waals surface area contributed by atoms with Gasteiger partial charge in [0.25, 0.3) is 0 Å². The first-order valence-corrected chi connectivity index (χ1v) is 6.81. The van der Waals surface area contributed by atoms with Crippen molar-refractivity contribution in [1.82, 2.24) is 5.32 Å². The van der Waals surface area contributed by atoms with Crippen LogP contribution in [0.2, 0.25) is 0 Å². The largest absolute Gasteiger partial charge is 0.494 e. The Balaban J connectivity index is 2.34. The van der Waals surface area contributed by atoms with Crippen molar-refractivity contribution < 1.29 is 9.53 Å². The van der Waals surface area contributed by atoms with Crippen molar-refractivity contribution in [3.05, 3.63) is 30.3 Å². The summed E-state index contributed by atoms with van der Waals surface area (Å²) in [6.45, 7) is 5.29. The average Bonchev–Trinajstić information content (AvgIpc) is 2.42. The van der Waals surface area contributed by atoms with Gasteiger partial charge in [-0.2, -0.15) is 0 Å². The lowest BCUT2D eigenvalue weighted by Gasteiger charge is -2.27. The van der Waals surface area contributed by atoms with Crippen molar-refractivity contribution in [1.29, 1.82) is 0 Å². The van der Waals surface area contributed by atoms with E-state index in [4.69, 9.17) is 10.5 Å². The van der Waals surface area contributed by atoms with Crippen LogP contribution in [0.4, 0.5) is 0 Å². The molecule has 4 nitrogen and oxygen atoms in total. The number of rotatable bonds is 9. The second-order valence-electron chi connectivity index (χ2n) is 4.89. The molecule has 0 spiro atoms. The van der Waals surface area contributed by atoms with Crippen LogP contribution >= 0.6 is 0 Å². The van der Waals surface area contributed by atoms with E-state index in [9.17, 15) is 4.79 Å². The van der Waals surface area contributed by atoms with Crippen LogP contribution in [0, 0.1) is 0 Å². The zero-order valence-corrected chi connectivity index (χ0v) is 11.8. The highest BCUT2D eigenvalue weighted by molar-refractivity contribution is 5.84. The number of benzene rings is 1. The Morgan fingerprint density at radius 3 is 2.63 bits per heavy atom. The van der Waals surface area contributed by atoms with E-state index < -0.39 is 5.54 Å². The molecule has 3 N–H and O–H groups in total. The lowest BCUT2D eigenvalue weighted by atomic mass is 9.95. The number of hydrogen-bond donors (Lipinski definition) is 2. The highest BCUT2D eigenvalue weighted by atomic mass is 16.5. The number of primary amides is 1. The van der Waals surface area contributed by atoms with E-state index in [-0.39, 0.29) is 5.91 Å². The van der Waals surface area contributed by atoms with Gasteiger partial charge in [0, 0.05) is 0 Å². The van der Waals surface area contributed by atoms with Crippen molar-refractivity contribution in [3.8, 4) is 5.75 Å². The number of nitrogens with one attached hydrogen (secondary N) is 1. The highest BCUT2D eigenvalue weighted by Crippen LogP contribution is 2.14. The van der Waals surface area contributed by atoms with Gasteiger partial charge in [0.05, 0.1) is 12.1 Å². The van der Waals surface area contributed by atoms with Crippen molar-refractivity contribution in [3.63, 3.8) is 0 Å². The van der Waals surface area contributed by atoms with E-state index >= 15 is 0 Å². The van der Waals surface area contributed by atoms with E-state index in [2.05, 4.69) is 12.2 Å².